The van der Waals surface area contributed by atoms with Gasteiger partial charge in [-0.05, 0) is 26.0 Å². The van der Waals surface area contributed by atoms with Crippen molar-refractivity contribution in [3.63, 3.8) is 0 Å². The predicted octanol–water partition coefficient (Wildman–Crippen LogP) is 3.30. The lowest BCUT2D eigenvalue weighted by Crippen LogP contribution is -2.01. The van der Waals surface area contributed by atoms with Gasteiger partial charge in [0.15, 0.2) is 0 Å². The lowest BCUT2D eigenvalue weighted by Gasteiger charge is -2.09. The van der Waals surface area contributed by atoms with Crippen LogP contribution in [0.25, 0.3) is 0 Å². The highest BCUT2D eigenvalue weighted by Crippen LogP contribution is 2.27. The molecule has 2 N–H and O–H groups in total. The molecule has 0 unspecified atom stereocenters. The van der Waals surface area contributed by atoms with Crippen molar-refractivity contribution >= 4 is 17.3 Å². The molecule has 0 bridgehead atoms. The molecule has 1 aromatic carbocycles. The summed E-state index contributed by atoms with van der Waals surface area (Å²) < 4.78 is 5.18. The van der Waals surface area contributed by atoms with Gasteiger partial charge < -0.3 is 10.1 Å². The second-order valence-electron chi connectivity index (χ2n) is 4.12. The first kappa shape index (κ1) is 12.8. The van der Waals surface area contributed by atoms with E-state index in [1.807, 2.05) is 32.0 Å². The molecule has 96 valence electrons. The fourth-order valence-corrected chi connectivity index (χ4v) is 1.99. The Balaban J connectivity index is 2.11. The highest BCUT2D eigenvalue weighted by atomic mass is 35.5. The number of aryl methyl sites for hydroxylation is 2. The Hall–Kier alpha value is -1.68. The largest absolute Gasteiger partial charge is 0.495 e. The summed E-state index contributed by atoms with van der Waals surface area (Å²) in [4.78, 5) is 0. The Morgan fingerprint density at radius 1 is 1.39 bits per heavy atom. The molecule has 1 aromatic heterocycles. The smallest absolute Gasteiger partial charge is 0.139 e. The normalized spacial score (nSPS) is 10.4. The van der Waals surface area contributed by atoms with Crippen LogP contribution >= 0.6 is 11.6 Å². The van der Waals surface area contributed by atoms with Gasteiger partial charge in [0.25, 0.3) is 0 Å². The molecule has 0 saturated heterocycles. The van der Waals surface area contributed by atoms with Crippen molar-refractivity contribution < 1.29 is 4.74 Å². The molecule has 0 amide bonds. The summed E-state index contributed by atoms with van der Waals surface area (Å²) in [5.41, 5.74) is 4.25. The van der Waals surface area contributed by atoms with Crippen LogP contribution in [-0.4, -0.2) is 17.3 Å². The SMILES string of the molecule is COc1cc(NCc2c(C)n[nH]c2C)ccc1Cl. The molecule has 0 aliphatic rings. The number of benzene rings is 1. The van der Waals surface area contributed by atoms with E-state index >= 15 is 0 Å². The average Bonchev–Trinajstić information content (AvgIpc) is 2.68. The number of hydrogen-bond donors (Lipinski definition) is 2. The summed E-state index contributed by atoms with van der Waals surface area (Å²) in [6, 6.07) is 5.63. The first-order chi connectivity index (χ1) is 8.61. The molecular formula is C13H16ClN3O. The molecule has 0 saturated carbocycles. The number of nitrogens with one attached hydrogen (secondary N) is 2. The van der Waals surface area contributed by atoms with Crippen molar-refractivity contribution in [3.8, 4) is 5.75 Å². The summed E-state index contributed by atoms with van der Waals surface area (Å²) in [6.45, 7) is 4.72. The van der Waals surface area contributed by atoms with Gasteiger partial charge in [-0.2, -0.15) is 5.10 Å². The van der Waals surface area contributed by atoms with E-state index in [4.69, 9.17) is 16.3 Å². The predicted molar refractivity (Wildman–Crippen MR) is 73.4 cm³/mol. The van der Waals surface area contributed by atoms with Crippen LogP contribution in [-0.2, 0) is 6.54 Å². The fourth-order valence-electron chi connectivity index (χ4n) is 1.79. The van der Waals surface area contributed by atoms with Gasteiger partial charge in [-0.3, -0.25) is 5.10 Å². The third-order valence-electron chi connectivity index (χ3n) is 2.90. The van der Waals surface area contributed by atoms with E-state index in [1.165, 1.54) is 5.56 Å². The molecule has 0 atom stereocenters. The van der Waals surface area contributed by atoms with Crippen molar-refractivity contribution in [2.24, 2.45) is 0 Å². The number of ether oxygens (including phenoxy) is 1. The van der Waals surface area contributed by atoms with E-state index in [9.17, 15) is 0 Å². The minimum absolute atomic E-state index is 0.610. The van der Waals surface area contributed by atoms with E-state index in [-0.39, 0.29) is 0 Å². The van der Waals surface area contributed by atoms with Gasteiger partial charge in [-0.15, -0.1) is 0 Å². The summed E-state index contributed by atoms with van der Waals surface area (Å²) in [5.74, 6) is 0.669. The first-order valence-corrected chi connectivity index (χ1v) is 6.07. The Kier molecular flexibility index (Phi) is 3.77. The molecule has 5 heteroatoms. The van der Waals surface area contributed by atoms with Crippen LogP contribution in [0.1, 0.15) is 17.0 Å². The molecule has 4 nitrogen and oxygen atoms in total. The van der Waals surface area contributed by atoms with Crippen LogP contribution in [0.3, 0.4) is 0 Å². The standard InChI is InChI=1S/C13H16ClN3O/c1-8-11(9(2)17-16-8)7-15-10-4-5-12(14)13(6-10)18-3/h4-6,15H,7H2,1-3H3,(H,16,17). The number of anilines is 1. The van der Waals surface area contributed by atoms with Crippen molar-refractivity contribution in [2.75, 3.05) is 12.4 Å². The third kappa shape index (κ3) is 2.59. The van der Waals surface area contributed by atoms with Gasteiger partial charge >= 0.3 is 0 Å². The second-order valence-corrected chi connectivity index (χ2v) is 4.52. The summed E-state index contributed by atoms with van der Waals surface area (Å²) >= 11 is 5.98. The Labute approximate surface area is 111 Å². The van der Waals surface area contributed by atoms with Crippen molar-refractivity contribution in [2.45, 2.75) is 20.4 Å². The number of rotatable bonds is 4. The van der Waals surface area contributed by atoms with Crippen molar-refractivity contribution in [1.82, 2.24) is 10.2 Å². The lowest BCUT2D eigenvalue weighted by molar-refractivity contribution is 0.415. The highest BCUT2D eigenvalue weighted by molar-refractivity contribution is 6.32. The van der Waals surface area contributed by atoms with Gasteiger partial charge in [0.05, 0.1) is 17.8 Å². The first-order valence-electron chi connectivity index (χ1n) is 5.69. The number of halogens is 1. The molecule has 18 heavy (non-hydrogen) atoms. The van der Waals surface area contributed by atoms with E-state index in [1.54, 1.807) is 7.11 Å². The van der Waals surface area contributed by atoms with Gasteiger partial charge in [0.1, 0.15) is 5.75 Å². The second kappa shape index (κ2) is 5.31. The van der Waals surface area contributed by atoms with Crippen molar-refractivity contribution in [1.29, 1.82) is 0 Å². The molecule has 0 spiro atoms. The molecule has 2 aromatic rings. The minimum atomic E-state index is 0.610. The molecular weight excluding hydrogens is 250 g/mol. The van der Waals surface area contributed by atoms with Crippen molar-refractivity contribution in [3.05, 3.63) is 40.2 Å². The zero-order chi connectivity index (χ0) is 13.1. The average molecular weight is 266 g/mol. The van der Waals surface area contributed by atoms with Crippen LogP contribution in [0.2, 0.25) is 5.02 Å². The topological polar surface area (TPSA) is 49.9 Å². The van der Waals surface area contributed by atoms with Crippen LogP contribution < -0.4 is 10.1 Å². The van der Waals surface area contributed by atoms with Gasteiger partial charge in [0.2, 0.25) is 0 Å². The van der Waals surface area contributed by atoms with Gasteiger partial charge in [0, 0.05) is 29.6 Å². The maximum atomic E-state index is 5.98. The minimum Gasteiger partial charge on any atom is -0.495 e. The van der Waals surface area contributed by atoms with E-state index in [0.29, 0.717) is 10.8 Å². The lowest BCUT2D eigenvalue weighted by atomic mass is 10.2. The maximum Gasteiger partial charge on any atom is 0.139 e. The number of aromatic nitrogens is 2. The number of H-pyrrole nitrogens is 1. The van der Waals surface area contributed by atoms with E-state index in [0.717, 1.165) is 23.6 Å². The van der Waals surface area contributed by atoms with Crippen LogP contribution in [0.5, 0.6) is 5.75 Å². The zero-order valence-electron chi connectivity index (χ0n) is 10.7. The summed E-state index contributed by atoms with van der Waals surface area (Å²) in [7, 11) is 1.61. The van der Waals surface area contributed by atoms with Crippen LogP contribution in [0.4, 0.5) is 5.69 Å². The van der Waals surface area contributed by atoms with Crippen LogP contribution in [0.15, 0.2) is 18.2 Å². The fraction of sp³-hybridized carbons (Fsp3) is 0.308. The molecule has 1 heterocycles. The molecule has 0 aliphatic carbocycles. The number of aromatic amines is 1. The maximum absolute atomic E-state index is 5.98. The zero-order valence-corrected chi connectivity index (χ0v) is 11.4. The Morgan fingerprint density at radius 2 is 2.17 bits per heavy atom. The Bertz CT molecular complexity index is 532. The number of nitrogens with zero attached hydrogens (tertiary/aromatic N) is 1. The number of methoxy groups -OCH3 is 1. The summed E-state index contributed by atoms with van der Waals surface area (Å²) in [5, 5.41) is 11.1. The van der Waals surface area contributed by atoms with E-state index < -0.39 is 0 Å². The summed E-state index contributed by atoms with van der Waals surface area (Å²) in [6.07, 6.45) is 0. The van der Waals surface area contributed by atoms with E-state index in [2.05, 4.69) is 15.5 Å². The monoisotopic (exact) mass is 265 g/mol. The van der Waals surface area contributed by atoms with Gasteiger partial charge in [-0.25, -0.2) is 0 Å². The molecule has 2 rings (SSSR count). The molecule has 0 aliphatic heterocycles. The Morgan fingerprint density at radius 3 is 2.78 bits per heavy atom. The number of hydrogen-bond acceptors (Lipinski definition) is 3. The van der Waals surface area contributed by atoms with Gasteiger partial charge in [-0.1, -0.05) is 11.6 Å². The van der Waals surface area contributed by atoms with Crippen LogP contribution in [0, 0.1) is 13.8 Å². The quantitative estimate of drug-likeness (QED) is 0.892. The molecule has 0 fully saturated rings. The molecule has 0 radical (unpaired) electrons. The highest BCUT2D eigenvalue weighted by Gasteiger charge is 2.06. The third-order valence-corrected chi connectivity index (χ3v) is 3.21.